The summed E-state index contributed by atoms with van der Waals surface area (Å²) in [5.74, 6) is 0.870. The number of aromatic nitrogens is 1. The number of nitrogens with zero attached hydrogens (tertiary/aromatic N) is 1. The van der Waals surface area contributed by atoms with E-state index in [1.807, 2.05) is 24.3 Å². The number of pyridine rings is 1. The summed E-state index contributed by atoms with van der Waals surface area (Å²) >= 11 is 3.46. The van der Waals surface area contributed by atoms with E-state index in [0.29, 0.717) is 0 Å². The number of anilines is 1. The minimum Gasteiger partial charge on any atom is -0.370 e. The average molecular weight is 320 g/mol. The van der Waals surface area contributed by atoms with E-state index in [2.05, 4.69) is 39.2 Å². The van der Waals surface area contributed by atoms with Crippen molar-refractivity contribution in [2.75, 3.05) is 11.9 Å². The molecule has 0 unspecified atom stereocenters. The quantitative estimate of drug-likeness (QED) is 0.763. The third-order valence-corrected chi connectivity index (χ3v) is 3.43. The monoisotopic (exact) mass is 319 g/mol. The van der Waals surface area contributed by atoms with Crippen LogP contribution < -0.4 is 5.32 Å². The second-order valence-electron chi connectivity index (χ2n) is 4.56. The molecule has 0 bridgehead atoms. The van der Waals surface area contributed by atoms with Crippen LogP contribution in [0.3, 0.4) is 0 Å². The van der Waals surface area contributed by atoms with Crippen LogP contribution >= 0.6 is 15.9 Å². The number of hydrogen-bond donors (Lipinski definition) is 2. The highest BCUT2D eigenvalue weighted by Crippen LogP contribution is 2.19. The number of nitrogens with one attached hydrogen (secondary N) is 2. The Hall–Kier alpha value is -1.42. The van der Waals surface area contributed by atoms with Crippen LogP contribution in [0.5, 0.6) is 0 Å². The van der Waals surface area contributed by atoms with Gasteiger partial charge in [0.2, 0.25) is 0 Å². The number of hydrogen-bond acceptors (Lipinski definition) is 3. The molecule has 0 atom stereocenters. The summed E-state index contributed by atoms with van der Waals surface area (Å²) in [6.07, 6.45) is 2.72. The van der Waals surface area contributed by atoms with E-state index in [4.69, 9.17) is 5.41 Å². The van der Waals surface area contributed by atoms with Crippen LogP contribution in [0, 0.1) is 5.41 Å². The minimum atomic E-state index is 0.769. The minimum absolute atomic E-state index is 0.769. The third-order valence-electron chi connectivity index (χ3n) is 2.94. The highest BCUT2D eigenvalue weighted by molar-refractivity contribution is 9.10. The van der Waals surface area contributed by atoms with Gasteiger partial charge in [-0.2, -0.15) is 0 Å². The Bertz CT molecular complexity index is 581. The van der Waals surface area contributed by atoms with Gasteiger partial charge in [0.25, 0.3) is 0 Å². The second kappa shape index (κ2) is 6.66. The fourth-order valence-corrected chi connectivity index (χ4v) is 2.31. The van der Waals surface area contributed by atoms with Gasteiger partial charge in [-0.1, -0.05) is 35.3 Å². The van der Waals surface area contributed by atoms with Crippen LogP contribution in [0.4, 0.5) is 5.82 Å². The maximum absolute atomic E-state index is 7.75. The van der Waals surface area contributed by atoms with E-state index < -0.39 is 0 Å². The van der Waals surface area contributed by atoms with Crippen molar-refractivity contribution in [2.45, 2.75) is 26.2 Å². The van der Waals surface area contributed by atoms with Gasteiger partial charge >= 0.3 is 0 Å². The summed E-state index contributed by atoms with van der Waals surface area (Å²) < 4.78 is 1.04. The first-order valence-corrected chi connectivity index (χ1v) is 7.35. The van der Waals surface area contributed by atoms with Crippen molar-refractivity contribution in [1.29, 1.82) is 5.41 Å². The molecule has 0 aliphatic rings. The molecular weight excluding hydrogens is 302 g/mol. The van der Waals surface area contributed by atoms with Gasteiger partial charge < -0.3 is 10.7 Å². The van der Waals surface area contributed by atoms with Gasteiger partial charge in [-0.05, 0) is 30.7 Å². The molecule has 0 saturated heterocycles. The van der Waals surface area contributed by atoms with Gasteiger partial charge in [-0.3, -0.25) is 0 Å². The van der Waals surface area contributed by atoms with Crippen molar-refractivity contribution in [3.8, 4) is 0 Å². The second-order valence-corrected chi connectivity index (χ2v) is 5.48. The first-order valence-electron chi connectivity index (χ1n) is 6.55. The Kier molecular flexibility index (Phi) is 4.91. The van der Waals surface area contributed by atoms with E-state index in [1.54, 1.807) is 0 Å². The SMILES string of the molecule is CCCC(=N)CCNc1ccc2ccc(Br)cc2n1. The zero-order valence-corrected chi connectivity index (χ0v) is 12.6. The van der Waals surface area contributed by atoms with Crippen LogP contribution in [0.2, 0.25) is 0 Å². The van der Waals surface area contributed by atoms with Gasteiger partial charge in [-0.15, -0.1) is 0 Å². The molecule has 0 aliphatic heterocycles. The fraction of sp³-hybridized carbons (Fsp3) is 0.333. The lowest BCUT2D eigenvalue weighted by atomic mass is 10.1. The average Bonchev–Trinajstić information content (AvgIpc) is 2.38. The molecule has 2 N–H and O–H groups in total. The van der Waals surface area contributed by atoms with Crippen molar-refractivity contribution in [2.24, 2.45) is 0 Å². The molecule has 0 spiro atoms. The highest BCUT2D eigenvalue weighted by Gasteiger charge is 2.00. The lowest BCUT2D eigenvalue weighted by Gasteiger charge is -2.07. The van der Waals surface area contributed by atoms with Crippen LogP contribution in [-0.2, 0) is 0 Å². The van der Waals surface area contributed by atoms with Crippen LogP contribution in [0.25, 0.3) is 10.9 Å². The van der Waals surface area contributed by atoms with E-state index in [0.717, 1.165) is 52.7 Å². The first-order chi connectivity index (χ1) is 9.19. The molecule has 0 saturated carbocycles. The van der Waals surface area contributed by atoms with E-state index in [1.165, 1.54) is 0 Å². The molecule has 0 radical (unpaired) electrons. The summed E-state index contributed by atoms with van der Waals surface area (Å²) in [4.78, 5) is 4.57. The Morgan fingerprint density at radius 1 is 1.26 bits per heavy atom. The Morgan fingerprint density at radius 2 is 2.05 bits per heavy atom. The molecule has 2 aromatic rings. The van der Waals surface area contributed by atoms with Crippen molar-refractivity contribution in [3.05, 3.63) is 34.8 Å². The molecule has 3 nitrogen and oxygen atoms in total. The molecular formula is C15H18BrN3. The largest absolute Gasteiger partial charge is 0.370 e. The summed E-state index contributed by atoms with van der Waals surface area (Å²) in [5.41, 5.74) is 1.78. The Labute approximate surface area is 122 Å². The zero-order valence-electron chi connectivity index (χ0n) is 11.0. The highest BCUT2D eigenvalue weighted by atomic mass is 79.9. The Morgan fingerprint density at radius 3 is 2.84 bits per heavy atom. The van der Waals surface area contributed by atoms with Gasteiger partial charge in [0.15, 0.2) is 0 Å². The fourth-order valence-electron chi connectivity index (χ4n) is 1.96. The molecule has 2 rings (SSSR count). The number of fused-ring (bicyclic) bond motifs is 1. The first kappa shape index (κ1) is 14.0. The maximum Gasteiger partial charge on any atom is 0.126 e. The van der Waals surface area contributed by atoms with E-state index in [9.17, 15) is 0 Å². The standard InChI is InChI=1S/C15H18BrN3/c1-2-3-13(17)8-9-18-15-7-5-11-4-6-12(16)10-14(11)19-15/h4-7,10,17H,2-3,8-9H2,1H3,(H,18,19). The molecule has 0 aliphatic carbocycles. The molecule has 4 heteroatoms. The molecule has 1 heterocycles. The predicted octanol–water partition coefficient (Wildman–Crippen LogP) is 4.62. The Balaban J connectivity index is 1.99. The summed E-state index contributed by atoms with van der Waals surface area (Å²) in [6, 6.07) is 10.1. The predicted molar refractivity (Wildman–Crippen MR) is 85.2 cm³/mol. The molecule has 1 aromatic heterocycles. The normalized spacial score (nSPS) is 10.6. The van der Waals surface area contributed by atoms with Crippen molar-refractivity contribution in [3.63, 3.8) is 0 Å². The van der Waals surface area contributed by atoms with Crippen molar-refractivity contribution >= 4 is 38.4 Å². The van der Waals surface area contributed by atoms with Crippen molar-refractivity contribution in [1.82, 2.24) is 4.98 Å². The zero-order chi connectivity index (χ0) is 13.7. The summed E-state index contributed by atoms with van der Waals surface area (Å²) in [5, 5.41) is 12.2. The van der Waals surface area contributed by atoms with Gasteiger partial charge in [0, 0.05) is 28.5 Å². The lowest BCUT2D eigenvalue weighted by Crippen LogP contribution is -2.08. The van der Waals surface area contributed by atoms with E-state index in [-0.39, 0.29) is 0 Å². The molecule has 100 valence electrons. The molecule has 0 fully saturated rings. The number of halogens is 1. The third kappa shape index (κ3) is 4.03. The van der Waals surface area contributed by atoms with Gasteiger partial charge in [0.1, 0.15) is 5.82 Å². The maximum atomic E-state index is 7.75. The molecule has 1 aromatic carbocycles. The molecule has 0 amide bonds. The van der Waals surface area contributed by atoms with Crippen LogP contribution in [0.15, 0.2) is 34.8 Å². The van der Waals surface area contributed by atoms with Gasteiger partial charge in [0.05, 0.1) is 5.52 Å². The van der Waals surface area contributed by atoms with E-state index >= 15 is 0 Å². The smallest absolute Gasteiger partial charge is 0.126 e. The van der Waals surface area contributed by atoms with Crippen LogP contribution in [0.1, 0.15) is 26.2 Å². The lowest BCUT2D eigenvalue weighted by molar-refractivity contribution is 0.940. The number of benzene rings is 1. The topological polar surface area (TPSA) is 48.8 Å². The summed E-state index contributed by atoms with van der Waals surface area (Å²) in [7, 11) is 0. The molecule has 19 heavy (non-hydrogen) atoms. The number of rotatable bonds is 6. The summed E-state index contributed by atoms with van der Waals surface area (Å²) in [6.45, 7) is 2.87. The van der Waals surface area contributed by atoms with Crippen LogP contribution in [-0.4, -0.2) is 17.2 Å². The van der Waals surface area contributed by atoms with Gasteiger partial charge in [-0.25, -0.2) is 4.98 Å². The van der Waals surface area contributed by atoms with Crippen molar-refractivity contribution < 1.29 is 0 Å².